The standard InChI is InChI=1S/6C8H8N2O3.6CH4O.6Co/c6*11-5-9-10-8(13)6-3-1-2-4-7(6)12;6*1-2;;;;;;/h6*1-5,12H,(H,9,11)(H,10,13);6*2H,1H3;;;;;;. The van der Waals surface area contributed by atoms with Gasteiger partial charge in [-0.15, -0.1) is 61.2 Å². The van der Waals surface area contributed by atoms with E-state index in [0.717, 1.165) is 42.7 Å². The summed E-state index contributed by atoms with van der Waals surface area (Å²) in [5.41, 5.74) is 0.962. The Labute approximate surface area is 610 Å². The van der Waals surface area contributed by atoms with Crippen LogP contribution < -0.4 is 0 Å². The smallest absolute Gasteiger partial charge is 0.242 e. The molecule has 0 aliphatic heterocycles. The van der Waals surface area contributed by atoms with Gasteiger partial charge in [-0.25, -0.2) is 0 Å². The summed E-state index contributed by atoms with van der Waals surface area (Å²) in [5.74, 6) is -3.33. The van der Waals surface area contributed by atoms with Crippen molar-refractivity contribution < 1.29 is 223 Å². The maximum absolute atomic E-state index is 9.23. The van der Waals surface area contributed by atoms with Crippen molar-refractivity contribution >= 4 is 73.8 Å². The fourth-order valence-corrected chi connectivity index (χ4v) is 4.78. The second kappa shape index (κ2) is 81.7. The van der Waals surface area contributed by atoms with Crippen molar-refractivity contribution in [1.29, 1.82) is 0 Å². The van der Waals surface area contributed by atoms with Crippen LogP contribution in [0, 0.1) is 0 Å². The maximum atomic E-state index is 9.23. The molecule has 0 atom stereocenters. The molecule has 0 aliphatic carbocycles. The molecule has 0 unspecified atom stereocenters. The molecule has 96 heavy (non-hydrogen) atoms. The molecule has 0 amide bonds. The number of rotatable bonds is 12. The second-order valence-corrected chi connectivity index (χ2v) is 13.0. The van der Waals surface area contributed by atoms with E-state index in [9.17, 15) is 61.3 Å². The zero-order valence-electron chi connectivity index (χ0n) is 50.4. The van der Waals surface area contributed by atoms with Crippen molar-refractivity contribution in [3.8, 4) is 34.5 Å². The molecule has 0 fully saturated rings. The fourth-order valence-electron chi connectivity index (χ4n) is 4.78. The van der Waals surface area contributed by atoms with Crippen LogP contribution in [0.1, 0.15) is 33.4 Å². The second-order valence-electron chi connectivity index (χ2n) is 13.0. The average Bonchev–Trinajstić information content (AvgIpc) is 1.66. The van der Waals surface area contributed by atoms with Crippen LogP contribution >= 0.6 is 0 Å². The van der Waals surface area contributed by atoms with E-state index in [1.165, 1.54) is 72.8 Å². The number of aromatic hydroxyl groups is 6. The molecule has 6 aromatic rings. The van der Waals surface area contributed by atoms with Crippen molar-refractivity contribution in [2.45, 2.75) is 0 Å². The van der Waals surface area contributed by atoms with Crippen molar-refractivity contribution in [1.82, 2.24) is 0 Å². The molecule has 0 spiro atoms. The molecular weight excluding hydrogens is 1550 g/mol. The van der Waals surface area contributed by atoms with E-state index in [0.29, 0.717) is 38.4 Å². The summed E-state index contributed by atoms with van der Waals surface area (Å²) in [6.07, 6.45) is 2.64. The molecule has 0 aliphatic rings. The van der Waals surface area contributed by atoms with Gasteiger partial charge in [0.1, 0.15) is 34.5 Å². The van der Waals surface area contributed by atoms with Crippen molar-refractivity contribution in [3.63, 3.8) is 0 Å². The van der Waals surface area contributed by atoms with Crippen LogP contribution in [0.2, 0.25) is 0 Å². The normalized spacial score (nSPS) is 10.2. The van der Waals surface area contributed by atoms with Crippen LogP contribution in [-0.2, 0) is 101 Å². The Morgan fingerprint density at radius 3 is 0.385 bits per heavy atom. The molecule has 6 aromatic carbocycles. The molecule has 0 aromatic heterocycles. The maximum Gasteiger partial charge on any atom is 0.242 e. The first-order chi connectivity index (χ1) is 43.5. The van der Waals surface area contributed by atoms with Gasteiger partial charge in [0, 0.05) is 143 Å². The molecule has 36 nitrogen and oxygen atoms in total. The molecule has 0 saturated heterocycles. The van der Waals surface area contributed by atoms with Gasteiger partial charge >= 0.3 is 0 Å². The van der Waals surface area contributed by atoms with E-state index in [-0.39, 0.29) is 169 Å². The molecular formula is C54H72Co6N12O24. The number of aliphatic hydroxyl groups excluding tert-OH is 18. The van der Waals surface area contributed by atoms with Gasteiger partial charge in [-0.3, -0.25) is 0 Å². The number of aliphatic hydroxyl groups is 18. The Balaban J connectivity index is -0.0000000843. The number of para-hydroxylation sites is 6. The summed E-state index contributed by atoms with van der Waals surface area (Å²) in [5, 5.41) is 239. The third-order valence-electron chi connectivity index (χ3n) is 8.09. The summed E-state index contributed by atoms with van der Waals surface area (Å²) in [6, 6.07) is 36.7. The van der Waals surface area contributed by atoms with Crippen LogP contribution in [0.5, 0.6) is 34.5 Å². The van der Waals surface area contributed by atoms with Gasteiger partial charge in [-0.05, 0) is 72.8 Å². The molecule has 0 bridgehead atoms. The predicted octanol–water partition coefficient (Wildman–Crippen LogP) is 4.82. The van der Waals surface area contributed by atoms with E-state index >= 15 is 0 Å². The summed E-state index contributed by atoms with van der Waals surface area (Å²) < 4.78 is 0. The largest absolute Gasteiger partial charge is 0.507 e. The van der Waals surface area contributed by atoms with Crippen LogP contribution in [0.3, 0.4) is 0 Å². The van der Waals surface area contributed by atoms with Crippen LogP contribution in [0.15, 0.2) is 207 Å². The van der Waals surface area contributed by atoms with E-state index < -0.39 is 35.4 Å². The quantitative estimate of drug-likeness (QED) is 0.0443. The Kier molecular flexibility index (Phi) is 96.9. The van der Waals surface area contributed by atoms with Gasteiger partial charge in [-0.2, -0.15) is 0 Å². The molecule has 0 saturated carbocycles. The van der Waals surface area contributed by atoms with Crippen molar-refractivity contribution in [3.05, 3.63) is 179 Å². The predicted molar refractivity (Wildman–Crippen MR) is 339 cm³/mol. The van der Waals surface area contributed by atoms with Crippen LogP contribution in [0.4, 0.5) is 0 Å². The minimum atomic E-state index is -0.455. The first kappa shape index (κ1) is 114. The van der Waals surface area contributed by atoms with E-state index in [1.54, 1.807) is 72.8 Å². The number of phenols is 6. The molecule has 6 rings (SSSR count). The molecule has 42 heteroatoms. The Morgan fingerprint density at radius 1 is 0.208 bits per heavy atom. The number of hydrogen-bond acceptors (Lipinski definition) is 24. The third-order valence-corrected chi connectivity index (χ3v) is 8.09. The SMILES string of the molecule is CO.CO.CO.CO.CO.CO.OC=NN=C(O)c1ccccc1O.OC=NN=C(O)c1ccccc1O.OC=NN=C(O)c1ccccc1O.OC=NN=C(O)c1ccccc1O.OC=NN=C(O)c1ccccc1O.OC=NN=C(O)c1ccccc1O.[Co].[Co].[Co].[Co].[Co].[Co]. The van der Waals surface area contributed by atoms with E-state index in [2.05, 4.69) is 61.2 Å². The van der Waals surface area contributed by atoms with Gasteiger partial charge in [0.05, 0.1) is 33.4 Å². The summed E-state index contributed by atoms with van der Waals surface area (Å²) >= 11 is 0. The number of nitrogens with zero attached hydrogens (tertiary/aromatic N) is 12. The monoisotopic (exact) mass is 1630 g/mol. The Bertz CT molecular complexity index is 2670. The van der Waals surface area contributed by atoms with Gasteiger partial charge < -0.3 is 123 Å². The summed E-state index contributed by atoms with van der Waals surface area (Å²) in [6.45, 7) is 0. The molecule has 6 radical (unpaired) electrons. The van der Waals surface area contributed by atoms with Crippen LogP contribution in [-0.4, -0.2) is 239 Å². The summed E-state index contributed by atoms with van der Waals surface area (Å²) in [7, 11) is 6.00. The number of hydrogen-bond donors (Lipinski definition) is 24. The van der Waals surface area contributed by atoms with Gasteiger partial charge in [0.2, 0.25) is 35.4 Å². The van der Waals surface area contributed by atoms with Crippen molar-refractivity contribution in [2.24, 2.45) is 61.2 Å². The van der Waals surface area contributed by atoms with Crippen molar-refractivity contribution in [2.75, 3.05) is 42.7 Å². The van der Waals surface area contributed by atoms with Gasteiger partial charge in [0.25, 0.3) is 0 Å². The number of phenolic OH excluding ortho intramolecular Hbond substituents is 6. The molecule has 546 valence electrons. The average molecular weight is 1630 g/mol. The molecule has 0 heterocycles. The first-order valence-electron chi connectivity index (χ1n) is 23.5. The van der Waals surface area contributed by atoms with Gasteiger partial charge in [-0.1, -0.05) is 72.8 Å². The van der Waals surface area contributed by atoms with E-state index in [4.69, 9.17) is 61.3 Å². The number of benzene rings is 6. The first-order valence-corrected chi connectivity index (χ1v) is 23.5. The van der Waals surface area contributed by atoms with Crippen LogP contribution in [0.25, 0.3) is 0 Å². The topological polar surface area (TPSA) is 634 Å². The molecule has 24 N–H and O–H groups in total. The van der Waals surface area contributed by atoms with Gasteiger partial charge in [0.15, 0.2) is 38.4 Å². The van der Waals surface area contributed by atoms with E-state index in [1.807, 2.05) is 0 Å². The Hall–Kier alpha value is -9.44. The fraction of sp³-hybridized carbons (Fsp3) is 0.111. The zero-order valence-corrected chi connectivity index (χ0v) is 56.7. The zero-order chi connectivity index (χ0) is 70.1. The Morgan fingerprint density at radius 2 is 0.302 bits per heavy atom. The summed E-state index contributed by atoms with van der Waals surface area (Å²) in [4.78, 5) is 0. The minimum absolute atomic E-state index is 0. The third kappa shape index (κ3) is 54.0. The minimum Gasteiger partial charge on any atom is -0.507 e.